The monoisotopic (exact) mass is 186 g/mol. The van der Waals surface area contributed by atoms with Gasteiger partial charge in [0.1, 0.15) is 0 Å². The van der Waals surface area contributed by atoms with Crippen LogP contribution in [0.15, 0.2) is 52.2 Å². The van der Waals surface area contributed by atoms with E-state index in [4.69, 9.17) is 5.73 Å². The maximum absolute atomic E-state index is 11.0. The summed E-state index contributed by atoms with van der Waals surface area (Å²) < 4.78 is 0. The molecule has 70 valence electrons. The van der Waals surface area contributed by atoms with Gasteiger partial charge in [0, 0.05) is 24.4 Å². The molecule has 0 saturated heterocycles. The molecule has 1 heterocycles. The summed E-state index contributed by atoms with van der Waals surface area (Å²) in [5, 5.41) is 0. The molecule has 1 amide bonds. The van der Waals surface area contributed by atoms with Gasteiger partial charge in [-0.2, -0.15) is 0 Å². The van der Waals surface area contributed by atoms with Crippen LogP contribution in [0.2, 0.25) is 0 Å². The van der Waals surface area contributed by atoms with E-state index < -0.39 is 0 Å². The molecule has 14 heavy (non-hydrogen) atoms. The number of hydrogen-bond acceptors (Lipinski definition) is 2. The number of carbonyl (C=O) groups excluding carboxylic acids is 1. The number of allylic oxidation sites excluding steroid dienone is 6. The fraction of sp³-hybridized carbons (Fsp3) is 0.0909. The maximum Gasteiger partial charge on any atom is 0.244 e. The van der Waals surface area contributed by atoms with Crippen molar-refractivity contribution in [1.82, 2.24) is 0 Å². The van der Waals surface area contributed by atoms with Crippen molar-refractivity contribution in [3.05, 3.63) is 47.2 Å². The first-order valence-electron chi connectivity index (χ1n) is 4.37. The van der Waals surface area contributed by atoms with E-state index in [1.807, 2.05) is 18.2 Å². The van der Waals surface area contributed by atoms with Crippen LogP contribution in [0.5, 0.6) is 0 Å². The van der Waals surface area contributed by atoms with Gasteiger partial charge >= 0.3 is 0 Å². The minimum Gasteiger partial charge on any atom is -0.366 e. The van der Waals surface area contributed by atoms with Gasteiger partial charge in [0.2, 0.25) is 5.91 Å². The molecule has 2 N–H and O–H groups in total. The van der Waals surface area contributed by atoms with Crippen molar-refractivity contribution in [1.29, 1.82) is 0 Å². The molecule has 3 nitrogen and oxygen atoms in total. The molecule has 0 fully saturated rings. The highest BCUT2D eigenvalue weighted by molar-refractivity contribution is 5.94. The highest BCUT2D eigenvalue weighted by atomic mass is 16.1. The fourth-order valence-corrected chi connectivity index (χ4v) is 1.46. The predicted molar refractivity (Wildman–Crippen MR) is 55.7 cm³/mol. The van der Waals surface area contributed by atoms with E-state index in [9.17, 15) is 4.79 Å². The van der Waals surface area contributed by atoms with E-state index in [2.05, 4.69) is 4.99 Å². The van der Waals surface area contributed by atoms with Gasteiger partial charge in [0.05, 0.1) is 0 Å². The smallest absolute Gasteiger partial charge is 0.244 e. The van der Waals surface area contributed by atoms with Gasteiger partial charge in [-0.3, -0.25) is 9.79 Å². The van der Waals surface area contributed by atoms with Crippen LogP contribution in [-0.4, -0.2) is 12.1 Å². The third-order valence-electron chi connectivity index (χ3n) is 2.23. The topological polar surface area (TPSA) is 55.5 Å². The molecule has 0 aromatic rings. The number of hydrogen-bond donors (Lipinski definition) is 1. The standard InChI is InChI=1S/C11H10N2O/c12-11(14)10-2-1-8-3-5-13-6-4-9(8)7-10/h1-6H,7H2,(H2,12,14). The van der Waals surface area contributed by atoms with E-state index in [1.165, 1.54) is 0 Å². The Bertz CT molecular complexity index is 423. The first-order valence-corrected chi connectivity index (χ1v) is 4.37. The van der Waals surface area contributed by atoms with E-state index >= 15 is 0 Å². The second kappa shape index (κ2) is 3.46. The molecule has 0 unspecified atom stereocenters. The molecule has 1 aliphatic heterocycles. The Morgan fingerprint density at radius 2 is 2.21 bits per heavy atom. The molecule has 0 saturated carbocycles. The van der Waals surface area contributed by atoms with Gasteiger partial charge < -0.3 is 5.73 Å². The summed E-state index contributed by atoms with van der Waals surface area (Å²) in [6.45, 7) is 0. The summed E-state index contributed by atoms with van der Waals surface area (Å²) in [6.07, 6.45) is 11.5. The second-order valence-corrected chi connectivity index (χ2v) is 3.16. The number of rotatable bonds is 1. The average Bonchev–Trinajstić information content (AvgIpc) is 2.41. The van der Waals surface area contributed by atoms with Crippen molar-refractivity contribution >= 4 is 12.1 Å². The van der Waals surface area contributed by atoms with Gasteiger partial charge in [-0.15, -0.1) is 0 Å². The van der Waals surface area contributed by atoms with E-state index in [1.54, 1.807) is 18.5 Å². The number of nitrogens with two attached hydrogens (primary N) is 1. The summed E-state index contributed by atoms with van der Waals surface area (Å²) in [4.78, 5) is 15.0. The lowest BCUT2D eigenvalue weighted by molar-refractivity contribution is -0.114. The molecule has 2 aliphatic rings. The van der Waals surface area contributed by atoms with Crippen LogP contribution in [0, 0.1) is 0 Å². The number of primary amides is 1. The largest absolute Gasteiger partial charge is 0.366 e. The third kappa shape index (κ3) is 1.57. The summed E-state index contributed by atoms with van der Waals surface area (Å²) >= 11 is 0. The number of amides is 1. The van der Waals surface area contributed by atoms with Crippen LogP contribution in [0.4, 0.5) is 0 Å². The molecule has 0 aromatic carbocycles. The summed E-state index contributed by atoms with van der Waals surface area (Å²) in [5.74, 6) is -0.355. The Hall–Kier alpha value is -1.90. The van der Waals surface area contributed by atoms with Crippen LogP contribution < -0.4 is 5.73 Å². The summed E-state index contributed by atoms with van der Waals surface area (Å²) in [6, 6.07) is 0. The maximum atomic E-state index is 11.0. The number of aliphatic imine (C=N–C) groups is 1. The zero-order valence-electron chi connectivity index (χ0n) is 7.60. The Morgan fingerprint density at radius 1 is 1.36 bits per heavy atom. The Morgan fingerprint density at radius 3 is 3.00 bits per heavy atom. The van der Waals surface area contributed by atoms with Crippen LogP contribution in [0.3, 0.4) is 0 Å². The number of nitrogens with zero attached hydrogens (tertiary/aromatic N) is 1. The lowest BCUT2D eigenvalue weighted by atomic mass is 9.92. The van der Waals surface area contributed by atoms with E-state index in [-0.39, 0.29) is 5.91 Å². The molecule has 0 bridgehead atoms. The van der Waals surface area contributed by atoms with Crippen LogP contribution >= 0.6 is 0 Å². The quantitative estimate of drug-likeness (QED) is 0.658. The number of fused-ring (bicyclic) bond motifs is 1. The lowest BCUT2D eigenvalue weighted by Gasteiger charge is -2.12. The molecular weight excluding hydrogens is 176 g/mol. The first-order chi connectivity index (χ1) is 6.77. The highest BCUT2D eigenvalue weighted by Gasteiger charge is 2.14. The van der Waals surface area contributed by atoms with Crippen LogP contribution in [0.1, 0.15) is 6.42 Å². The predicted octanol–water partition coefficient (Wildman–Crippen LogP) is 1.25. The lowest BCUT2D eigenvalue weighted by Crippen LogP contribution is -2.16. The Kier molecular flexibility index (Phi) is 2.14. The number of carbonyl (C=O) groups is 1. The molecule has 0 spiro atoms. The second-order valence-electron chi connectivity index (χ2n) is 3.16. The molecule has 0 atom stereocenters. The van der Waals surface area contributed by atoms with Gasteiger partial charge in [-0.1, -0.05) is 12.2 Å². The van der Waals surface area contributed by atoms with Crippen molar-refractivity contribution < 1.29 is 4.79 Å². The molecule has 2 rings (SSSR count). The zero-order valence-corrected chi connectivity index (χ0v) is 7.60. The molecule has 1 aliphatic carbocycles. The minimum absolute atomic E-state index is 0.355. The normalized spacial score (nSPS) is 19.0. The third-order valence-corrected chi connectivity index (χ3v) is 2.23. The van der Waals surface area contributed by atoms with Gasteiger partial charge in [0.15, 0.2) is 0 Å². The minimum atomic E-state index is -0.355. The van der Waals surface area contributed by atoms with Crippen molar-refractivity contribution in [2.24, 2.45) is 10.7 Å². The van der Waals surface area contributed by atoms with Gasteiger partial charge in [0.25, 0.3) is 0 Å². The van der Waals surface area contributed by atoms with E-state index in [0.717, 1.165) is 11.1 Å². The molecular formula is C11H10N2O. The first kappa shape index (κ1) is 8.69. The highest BCUT2D eigenvalue weighted by Crippen LogP contribution is 2.25. The van der Waals surface area contributed by atoms with Gasteiger partial charge in [-0.05, 0) is 23.3 Å². The SMILES string of the molecule is NC(=O)C1=CC=C2C=CN=CC=C2C1. The van der Waals surface area contributed by atoms with Gasteiger partial charge in [-0.25, -0.2) is 0 Å². The average molecular weight is 186 g/mol. The zero-order chi connectivity index (χ0) is 9.97. The van der Waals surface area contributed by atoms with Crippen LogP contribution in [-0.2, 0) is 4.79 Å². The Labute approximate surface area is 82.0 Å². The van der Waals surface area contributed by atoms with Crippen molar-refractivity contribution in [3.8, 4) is 0 Å². The summed E-state index contributed by atoms with van der Waals surface area (Å²) in [7, 11) is 0. The van der Waals surface area contributed by atoms with Crippen molar-refractivity contribution in [3.63, 3.8) is 0 Å². The molecule has 0 radical (unpaired) electrons. The summed E-state index contributed by atoms with van der Waals surface area (Å²) in [5.41, 5.74) is 8.03. The molecule has 3 heteroatoms. The van der Waals surface area contributed by atoms with Crippen LogP contribution in [0.25, 0.3) is 0 Å². The Balaban J connectivity index is 2.38. The van der Waals surface area contributed by atoms with Crippen molar-refractivity contribution in [2.75, 3.05) is 0 Å². The van der Waals surface area contributed by atoms with E-state index in [0.29, 0.717) is 12.0 Å². The van der Waals surface area contributed by atoms with Crippen molar-refractivity contribution in [2.45, 2.75) is 6.42 Å². The fourth-order valence-electron chi connectivity index (χ4n) is 1.46. The molecule has 0 aromatic heterocycles.